The predicted molar refractivity (Wildman–Crippen MR) is 205 cm³/mol. The van der Waals surface area contributed by atoms with Gasteiger partial charge in [-0.25, -0.2) is 9.97 Å². The van der Waals surface area contributed by atoms with Gasteiger partial charge in [0.15, 0.2) is 5.82 Å². The van der Waals surface area contributed by atoms with E-state index in [9.17, 15) is 0 Å². The molecule has 8 aromatic rings. The summed E-state index contributed by atoms with van der Waals surface area (Å²) >= 11 is 0. The molecule has 0 amide bonds. The maximum absolute atomic E-state index is 5.49. The molecule has 0 unspecified atom stereocenters. The summed E-state index contributed by atoms with van der Waals surface area (Å²) in [5.41, 5.74) is 14.7. The average molecular weight is 639 g/mol. The molecular weight excluding hydrogens is 605 g/mol. The quantitative estimate of drug-likeness (QED) is 0.192. The molecule has 50 heavy (non-hydrogen) atoms. The molecule has 1 aromatic heterocycles. The summed E-state index contributed by atoms with van der Waals surface area (Å²) in [6, 6.07) is 61.6. The van der Waals surface area contributed by atoms with E-state index >= 15 is 0 Å². The van der Waals surface area contributed by atoms with E-state index in [1.165, 1.54) is 60.8 Å². The Labute approximate surface area is 292 Å². The first-order chi connectivity index (χ1) is 24.6. The lowest BCUT2D eigenvalue weighted by molar-refractivity contribution is 0.663. The van der Waals surface area contributed by atoms with Crippen molar-refractivity contribution in [3.8, 4) is 45.0 Å². The zero-order valence-corrected chi connectivity index (χ0v) is 28.1. The second kappa shape index (κ2) is 10.7. The summed E-state index contributed by atoms with van der Waals surface area (Å²) in [5, 5.41) is 2.52. The second-order valence-electron chi connectivity index (χ2n) is 14.1. The van der Waals surface area contributed by atoms with Crippen LogP contribution < -0.4 is 0 Å². The minimum Gasteiger partial charge on any atom is -0.228 e. The number of benzene rings is 7. The van der Waals surface area contributed by atoms with Crippen LogP contribution in [0.25, 0.3) is 55.8 Å². The number of aromatic nitrogens is 2. The Bertz CT molecular complexity index is 2570. The molecule has 0 spiro atoms. The molecule has 0 fully saturated rings. The van der Waals surface area contributed by atoms with Crippen molar-refractivity contribution in [2.24, 2.45) is 0 Å². The maximum atomic E-state index is 5.49. The van der Waals surface area contributed by atoms with Crippen LogP contribution in [0.15, 0.2) is 170 Å². The number of hydrogen-bond acceptors (Lipinski definition) is 2. The highest BCUT2D eigenvalue weighted by Gasteiger charge is 2.46. The van der Waals surface area contributed by atoms with E-state index in [0.717, 1.165) is 28.3 Å². The van der Waals surface area contributed by atoms with Gasteiger partial charge in [-0.2, -0.15) is 0 Å². The van der Waals surface area contributed by atoms with Gasteiger partial charge in [-0.05, 0) is 55.8 Å². The third-order valence-electron chi connectivity index (χ3n) is 11.1. The van der Waals surface area contributed by atoms with E-state index in [4.69, 9.17) is 9.97 Å². The van der Waals surface area contributed by atoms with Gasteiger partial charge in [0.1, 0.15) is 0 Å². The fraction of sp³-hybridized carbons (Fsp3) is 0.0833. The monoisotopic (exact) mass is 638 g/mol. The van der Waals surface area contributed by atoms with Gasteiger partial charge in [-0.15, -0.1) is 0 Å². The van der Waals surface area contributed by atoms with Crippen LogP contribution in [0.4, 0.5) is 0 Å². The maximum Gasteiger partial charge on any atom is 0.160 e. The average Bonchev–Trinajstić information content (AvgIpc) is 3.61. The van der Waals surface area contributed by atoms with Crippen LogP contribution in [0.5, 0.6) is 0 Å². The van der Waals surface area contributed by atoms with Crippen LogP contribution in [-0.2, 0) is 10.8 Å². The molecule has 0 atom stereocenters. The van der Waals surface area contributed by atoms with Crippen molar-refractivity contribution in [2.45, 2.75) is 24.7 Å². The second-order valence-corrected chi connectivity index (χ2v) is 14.1. The first kappa shape index (κ1) is 28.9. The smallest absolute Gasteiger partial charge is 0.160 e. The van der Waals surface area contributed by atoms with Gasteiger partial charge in [0, 0.05) is 27.7 Å². The molecule has 0 aliphatic heterocycles. The van der Waals surface area contributed by atoms with Gasteiger partial charge < -0.3 is 0 Å². The number of hydrogen-bond donors (Lipinski definition) is 0. The molecule has 0 saturated carbocycles. The molecule has 10 rings (SSSR count). The minimum atomic E-state index is -0.489. The summed E-state index contributed by atoms with van der Waals surface area (Å²) in [7, 11) is 0. The van der Waals surface area contributed by atoms with Crippen LogP contribution >= 0.6 is 0 Å². The third-order valence-corrected chi connectivity index (χ3v) is 11.1. The molecule has 236 valence electrons. The largest absolute Gasteiger partial charge is 0.228 e. The number of nitrogens with zero attached hydrogens (tertiary/aromatic N) is 2. The Hall–Kier alpha value is -6.12. The summed E-state index contributed by atoms with van der Waals surface area (Å²) in [4.78, 5) is 11.0. The Morgan fingerprint density at radius 3 is 1.74 bits per heavy atom. The lowest BCUT2D eigenvalue weighted by Crippen LogP contribution is -2.28. The molecule has 7 aromatic carbocycles. The minimum absolute atomic E-state index is 0.286. The summed E-state index contributed by atoms with van der Waals surface area (Å²) < 4.78 is 0. The molecular formula is C48H34N2. The van der Waals surface area contributed by atoms with Crippen molar-refractivity contribution < 1.29 is 0 Å². The van der Waals surface area contributed by atoms with Crippen molar-refractivity contribution in [3.63, 3.8) is 0 Å². The van der Waals surface area contributed by atoms with Crippen LogP contribution in [-0.4, -0.2) is 9.97 Å². The Balaban J connectivity index is 1.25. The zero-order chi connectivity index (χ0) is 33.5. The number of fused-ring (bicyclic) bond motifs is 8. The van der Waals surface area contributed by atoms with E-state index in [1.54, 1.807) is 0 Å². The summed E-state index contributed by atoms with van der Waals surface area (Å²) in [6.45, 7) is 4.66. The van der Waals surface area contributed by atoms with Gasteiger partial charge in [0.25, 0.3) is 0 Å². The van der Waals surface area contributed by atoms with Crippen LogP contribution in [0.1, 0.15) is 47.2 Å². The molecule has 0 bridgehead atoms. The SMILES string of the molecule is CC1(C)c2c(-c3ccccc3)nc(-c3cccc(C4(c5ccccc5)c5ccccc5-c5ccccc54)c3)nc2-c2ccc3ccccc3c21. The molecule has 0 N–H and O–H groups in total. The Kier molecular flexibility index (Phi) is 6.17. The highest BCUT2D eigenvalue weighted by molar-refractivity contribution is 5.98. The van der Waals surface area contributed by atoms with Gasteiger partial charge in [0.2, 0.25) is 0 Å². The van der Waals surface area contributed by atoms with Crippen molar-refractivity contribution in [1.82, 2.24) is 9.97 Å². The molecule has 2 heteroatoms. The van der Waals surface area contributed by atoms with Crippen molar-refractivity contribution in [2.75, 3.05) is 0 Å². The molecule has 0 radical (unpaired) electrons. The molecule has 2 nitrogen and oxygen atoms in total. The van der Waals surface area contributed by atoms with E-state index in [0.29, 0.717) is 0 Å². The lowest BCUT2D eigenvalue weighted by Gasteiger charge is -2.34. The first-order valence-electron chi connectivity index (χ1n) is 17.4. The van der Waals surface area contributed by atoms with Gasteiger partial charge in [-0.1, -0.05) is 178 Å². The van der Waals surface area contributed by atoms with E-state index in [-0.39, 0.29) is 5.41 Å². The van der Waals surface area contributed by atoms with Crippen LogP contribution in [0, 0.1) is 0 Å². The number of rotatable bonds is 4. The molecule has 1 heterocycles. The highest BCUT2D eigenvalue weighted by Crippen LogP contribution is 2.57. The molecule has 2 aliphatic rings. The standard InChI is InChI=1S/C48H34N2/c1-47(2)42-36-23-10-9-16-31(36)28-29-39(42)45-43(47)44(32-17-5-3-6-18-32)49-46(50-45)33-19-15-22-35(30-33)48(34-20-7-4-8-21-34)40-26-13-11-24-37(40)38-25-12-14-27-41(38)48/h3-30H,1-2H3. The van der Waals surface area contributed by atoms with Crippen molar-refractivity contribution in [3.05, 3.63) is 203 Å². The Morgan fingerprint density at radius 2 is 1.00 bits per heavy atom. The normalized spacial score (nSPS) is 14.5. The van der Waals surface area contributed by atoms with Gasteiger partial charge in [0.05, 0.1) is 16.8 Å². The van der Waals surface area contributed by atoms with Crippen LogP contribution in [0.2, 0.25) is 0 Å². The fourth-order valence-corrected chi connectivity index (χ4v) is 9.05. The van der Waals surface area contributed by atoms with Gasteiger partial charge >= 0.3 is 0 Å². The third kappa shape index (κ3) is 3.90. The zero-order valence-electron chi connectivity index (χ0n) is 28.1. The lowest BCUT2D eigenvalue weighted by atomic mass is 9.67. The Morgan fingerprint density at radius 1 is 0.420 bits per heavy atom. The summed E-state index contributed by atoms with van der Waals surface area (Å²) in [5.74, 6) is 0.740. The van der Waals surface area contributed by atoms with E-state index in [1.807, 2.05) is 0 Å². The van der Waals surface area contributed by atoms with Crippen molar-refractivity contribution >= 4 is 10.8 Å². The van der Waals surface area contributed by atoms with E-state index < -0.39 is 5.41 Å². The van der Waals surface area contributed by atoms with E-state index in [2.05, 4.69) is 184 Å². The predicted octanol–water partition coefficient (Wildman–Crippen LogP) is 11.6. The first-order valence-corrected chi connectivity index (χ1v) is 17.4. The molecule has 2 aliphatic carbocycles. The van der Waals surface area contributed by atoms with Crippen molar-refractivity contribution in [1.29, 1.82) is 0 Å². The summed E-state index contributed by atoms with van der Waals surface area (Å²) in [6.07, 6.45) is 0. The highest BCUT2D eigenvalue weighted by atomic mass is 14.9. The van der Waals surface area contributed by atoms with Crippen LogP contribution in [0.3, 0.4) is 0 Å². The fourth-order valence-electron chi connectivity index (χ4n) is 9.05. The topological polar surface area (TPSA) is 25.8 Å². The molecule has 0 saturated heterocycles. The van der Waals surface area contributed by atoms with Gasteiger partial charge in [-0.3, -0.25) is 0 Å².